The monoisotopic (exact) mass is 256 g/mol. The first kappa shape index (κ1) is 13.3. The number of halogens is 1. The van der Waals surface area contributed by atoms with Gasteiger partial charge in [0.25, 0.3) is 0 Å². The Balaban J connectivity index is 3.21. The van der Waals surface area contributed by atoms with E-state index in [0.717, 1.165) is 11.8 Å². The van der Waals surface area contributed by atoms with Crippen LogP contribution >= 0.6 is 15.9 Å². The van der Waals surface area contributed by atoms with Gasteiger partial charge in [0, 0.05) is 5.33 Å². The van der Waals surface area contributed by atoms with Gasteiger partial charge in [0.1, 0.15) is 6.10 Å². The fraction of sp³-hybridized carbons (Fsp3) is 1.00. The second kappa shape index (κ2) is 8.90. The molecule has 80 valence electrons. The minimum Gasteiger partial charge on any atom is -0.394 e. The first-order chi connectivity index (χ1) is 6.20. The van der Waals surface area contributed by atoms with Crippen molar-refractivity contribution in [1.82, 2.24) is 0 Å². The highest BCUT2D eigenvalue weighted by Gasteiger charge is 2.06. The predicted molar refractivity (Wildman–Crippen MR) is 52.9 cm³/mol. The van der Waals surface area contributed by atoms with Crippen LogP contribution < -0.4 is 0 Å². The molecule has 2 atom stereocenters. The highest BCUT2D eigenvalue weighted by Crippen LogP contribution is 2.00. The Hall–Kier alpha value is 0.320. The van der Waals surface area contributed by atoms with E-state index in [9.17, 15) is 5.11 Å². The van der Waals surface area contributed by atoms with Crippen LogP contribution in [0.5, 0.6) is 0 Å². The van der Waals surface area contributed by atoms with E-state index in [-0.39, 0.29) is 19.8 Å². The summed E-state index contributed by atoms with van der Waals surface area (Å²) in [6.45, 7) is -0.0244. The van der Waals surface area contributed by atoms with E-state index in [1.807, 2.05) is 0 Å². The molecule has 3 N–H and O–H groups in total. The summed E-state index contributed by atoms with van der Waals surface area (Å²) in [6, 6.07) is 0. The second-order valence-corrected chi connectivity index (χ2v) is 3.65. The van der Waals surface area contributed by atoms with Crippen LogP contribution in [0.15, 0.2) is 0 Å². The van der Waals surface area contributed by atoms with Gasteiger partial charge in [-0.25, -0.2) is 0 Å². The standard InChI is InChI=1S/C8H17BrO4/c9-3-1-2-7(11)5-13-6-8(12)4-10/h7-8,10-12H,1-6H2. The first-order valence-electron chi connectivity index (χ1n) is 4.31. The summed E-state index contributed by atoms with van der Waals surface area (Å²) in [4.78, 5) is 0. The van der Waals surface area contributed by atoms with Crippen LogP contribution in [0.4, 0.5) is 0 Å². The molecule has 0 aromatic rings. The number of alkyl halides is 1. The summed E-state index contributed by atoms with van der Waals surface area (Å²) in [6.07, 6.45) is 0.250. The normalized spacial score (nSPS) is 15.7. The summed E-state index contributed by atoms with van der Waals surface area (Å²) < 4.78 is 4.97. The van der Waals surface area contributed by atoms with E-state index in [2.05, 4.69) is 15.9 Å². The lowest BCUT2D eigenvalue weighted by Crippen LogP contribution is -2.23. The molecule has 0 heterocycles. The first-order valence-corrected chi connectivity index (χ1v) is 5.43. The summed E-state index contributed by atoms with van der Waals surface area (Å²) in [5, 5.41) is 27.5. The maximum absolute atomic E-state index is 9.28. The quantitative estimate of drug-likeness (QED) is 0.531. The molecule has 2 unspecified atom stereocenters. The lowest BCUT2D eigenvalue weighted by Gasteiger charge is -2.12. The number of hydrogen-bond acceptors (Lipinski definition) is 4. The smallest absolute Gasteiger partial charge is 0.100 e. The molecule has 0 aliphatic carbocycles. The maximum Gasteiger partial charge on any atom is 0.100 e. The average molecular weight is 257 g/mol. The lowest BCUT2D eigenvalue weighted by atomic mass is 10.2. The van der Waals surface area contributed by atoms with Crippen molar-refractivity contribution in [3.8, 4) is 0 Å². The highest BCUT2D eigenvalue weighted by atomic mass is 79.9. The van der Waals surface area contributed by atoms with Gasteiger partial charge in [-0.3, -0.25) is 0 Å². The molecular weight excluding hydrogens is 240 g/mol. The fourth-order valence-corrected chi connectivity index (χ4v) is 1.11. The average Bonchev–Trinajstić information content (AvgIpc) is 2.14. The Labute approximate surface area is 86.7 Å². The molecule has 0 radical (unpaired) electrons. The molecule has 5 heteroatoms. The molecule has 0 aliphatic heterocycles. The van der Waals surface area contributed by atoms with Gasteiger partial charge in [0.05, 0.1) is 25.9 Å². The third kappa shape index (κ3) is 8.64. The Kier molecular flexibility index (Phi) is 9.12. The molecule has 0 amide bonds. The zero-order valence-corrected chi connectivity index (χ0v) is 9.11. The van der Waals surface area contributed by atoms with Crippen LogP contribution in [0, 0.1) is 0 Å². The molecule has 0 saturated carbocycles. The van der Waals surface area contributed by atoms with Crippen molar-refractivity contribution >= 4 is 15.9 Å². The molecule has 0 aliphatic rings. The van der Waals surface area contributed by atoms with Gasteiger partial charge in [-0.15, -0.1) is 0 Å². The van der Waals surface area contributed by atoms with Gasteiger partial charge in [-0.2, -0.15) is 0 Å². The number of rotatable bonds is 8. The molecule has 0 bridgehead atoms. The van der Waals surface area contributed by atoms with Crippen LogP contribution in [0.3, 0.4) is 0 Å². The van der Waals surface area contributed by atoms with Crippen LogP contribution in [-0.2, 0) is 4.74 Å². The van der Waals surface area contributed by atoms with Crippen LogP contribution in [0.25, 0.3) is 0 Å². The molecule has 0 spiro atoms. The summed E-state index contributed by atoms with van der Waals surface area (Å²) in [5.74, 6) is 0. The molecule has 0 fully saturated rings. The Morgan fingerprint density at radius 3 is 2.31 bits per heavy atom. The molecule has 0 rings (SSSR count). The molecule has 0 aromatic carbocycles. The van der Waals surface area contributed by atoms with Gasteiger partial charge < -0.3 is 20.1 Å². The summed E-state index contributed by atoms with van der Waals surface area (Å²) in [7, 11) is 0. The van der Waals surface area contributed by atoms with Crippen molar-refractivity contribution in [2.45, 2.75) is 25.0 Å². The zero-order valence-electron chi connectivity index (χ0n) is 7.53. The molecule has 0 aromatic heterocycles. The van der Waals surface area contributed by atoms with Crippen LogP contribution in [-0.4, -0.2) is 52.7 Å². The van der Waals surface area contributed by atoms with Crippen molar-refractivity contribution in [2.75, 3.05) is 25.2 Å². The van der Waals surface area contributed by atoms with Gasteiger partial charge in [0.15, 0.2) is 0 Å². The van der Waals surface area contributed by atoms with E-state index in [1.54, 1.807) is 0 Å². The highest BCUT2D eigenvalue weighted by molar-refractivity contribution is 9.09. The van der Waals surface area contributed by atoms with Crippen molar-refractivity contribution in [3.05, 3.63) is 0 Å². The lowest BCUT2D eigenvalue weighted by molar-refractivity contribution is -0.0257. The largest absolute Gasteiger partial charge is 0.394 e. The Morgan fingerprint density at radius 2 is 1.77 bits per heavy atom. The predicted octanol–water partition coefficient (Wildman–Crippen LogP) is -0.108. The van der Waals surface area contributed by atoms with Crippen molar-refractivity contribution in [3.63, 3.8) is 0 Å². The SMILES string of the molecule is OCC(O)COCC(O)CCCBr. The summed E-state index contributed by atoms with van der Waals surface area (Å²) >= 11 is 3.26. The van der Waals surface area contributed by atoms with Gasteiger partial charge in [-0.1, -0.05) is 15.9 Å². The maximum atomic E-state index is 9.28. The van der Waals surface area contributed by atoms with E-state index < -0.39 is 12.2 Å². The minimum absolute atomic E-state index is 0.0713. The third-order valence-electron chi connectivity index (χ3n) is 1.50. The minimum atomic E-state index is -0.844. The molecular formula is C8H17BrO4. The number of aliphatic hydroxyl groups is 3. The number of hydrogen-bond donors (Lipinski definition) is 3. The molecule has 0 saturated heterocycles. The third-order valence-corrected chi connectivity index (χ3v) is 2.06. The molecule has 4 nitrogen and oxygen atoms in total. The number of ether oxygens (including phenoxy) is 1. The van der Waals surface area contributed by atoms with E-state index >= 15 is 0 Å². The second-order valence-electron chi connectivity index (χ2n) is 2.86. The van der Waals surface area contributed by atoms with Gasteiger partial charge in [-0.05, 0) is 12.8 Å². The fourth-order valence-electron chi connectivity index (χ4n) is 0.789. The van der Waals surface area contributed by atoms with E-state index in [1.165, 1.54) is 0 Å². The topological polar surface area (TPSA) is 69.9 Å². The van der Waals surface area contributed by atoms with Crippen LogP contribution in [0.1, 0.15) is 12.8 Å². The van der Waals surface area contributed by atoms with E-state index in [0.29, 0.717) is 6.42 Å². The van der Waals surface area contributed by atoms with Crippen LogP contribution in [0.2, 0.25) is 0 Å². The van der Waals surface area contributed by atoms with E-state index in [4.69, 9.17) is 14.9 Å². The molecule has 13 heavy (non-hydrogen) atoms. The summed E-state index contributed by atoms with van der Waals surface area (Å²) in [5.41, 5.74) is 0. The Morgan fingerprint density at radius 1 is 1.15 bits per heavy atom. The van der Waals surface area contributed by atoms with Crippen molar-refractivity contribution < 1.29 is 20.1 Å². The van der Waals surface area contributed by atoms with Gasteiger partial charge >= 0.3 is 0 Å². The zero-order chi connectivity index (χ0) is 10.1. The number of aliphatic hydroxyl groups excluding tert-OH is 3. The Bertz CT molecular complexity index is 112. The van der Waals surface area contributed by atoms with Crippen molar-refractivity contribution in [2.24, 2.45) is 0 Å². The van der Waals surface area contributed by atoms with Crippen molar-refractivity contribution in [1.29, 1.82) is 0 Å². The van der Waals surface area contributed by atoms with Gasteiger partial charge in [0.2, 0.25) is 0 Å².